The number of carbonyl (C=O) groups is 1. The molecule has 0 fully saturated rings. The van der Waals surface area contributed by atoms with Crippen LogP contribution in [0.2, 0.25) is 0 Å². The number of hydrazone groups is 1. The fourth-order valence-corrected chi connectivity index (χ4v) is 4.17. The van der Waals surface area contributed by atoms with E-state index in [4.69, 9.17) is 4.42 Å². The van der Waals surface area contributed by atoms with Crippen LogP contribution in [-0.2, 0) is 4.79 Å². The number of furan rings is 1. The Labute approximate surface area is 149 Å². The van der Waals surface area contributed by atoms with Crippen molar-refractivity contribution >= 4 is 23.9 Å². The summed E-state index contributed by atoms with van der Waals surface area (Å²) >= 11 is 1.62. The molecule has 0 bridgehead atoms. The highest BCUT2D eigenvalue weighted by Crippen LogP contribution is 2.49. The van der Waals surface area contributed by atoms with E-state index in [2.05, 4.69) is 46.9 Å². The van der Waals surface area contributed by atoms with Gasteiger partial charge in [-0.15, -0.1) is 11.8 Å². The molecule has 1 aliphatic rings. The molecule has 4 rings (SSSR count). The molecule has 0 radical (unpaired) electrons. The van der Waals surface area contributed by atoms with Crippen LogP contribution in [-0.4, -0.2) is 17.9 Å². The predicted molar refractivity (Wildman–Crippen MR) is 101 cm³/mol. The lowest BCUT2D eigenvalue weighted by atomic mass is 10.1. The van der Waals surface area contributed by atoms with Gasteiger partial charge in [-0.3, -0.25) is 4.79 Å². The number of hydrogen-bond donors (Lipinski definition) is 1. The Morgan fingerprint density at radius 3 is 2.36 bits per heavy atom. The number of benzene rings is 2. The molecule has 1 N–H and O–H groups in total. The molecule has 0 aliphatic heterocycles. The van der Waals surface area contributed by atoms with Gasteiger partial charge < -0.3 is 4.42 Å². The van der Waals surface area contributed by atoms with E-state index in [-0.39, 0.29) is 11.2 Å². The van der Waals surface area contributed by atoms with Crippen molar-refractivity contribution in [3.63, 3.8) is 0 Å². The summed E-state index contributed by atoms with van der Waals surface area (Å²) in [4.78, 5) is 12.1. The van der Waals surface area contributed by atoms with Crippen molar-refractivity contribution < 1.29 is 9.21 Å². The largest absolute Gasteiger partial charge is 0.463 e. The molecule has 5 heteroatoms. The van der Waals surface area contributed by atoms with Crippen molar-refractivity contribution in [1.82, 2.24) is 5.43 Å². The molecular formula is C20H16N2O2S. The van der Waals surface area contributed by atoms with Gasteiger partial charge in [0.25, 0.3) is 0 Å². The fourth-order valence-electron chi connectivity index (χ4n) is 3.01. The number of fused-ring (bicyclic) bond motifs is 3. The van der Waals surface area contributed by atoms with E-state index in [1.165, 1.54) is 28.5 Å². The summed E-state index contributed by atoms with van der Waals surface area (Å²) in [6.07, 6.45) is 3.05. The molecule has 25 heavy (non-hydrogen) atoms. The van der Waals surface area contributed by atoms with Crippen LogP contribution >= 0.6 is 11.8 Å². The summed E-state index contributed by atoms with van der Waals surface area (Å²) in [6.45, 7) is 0. The zero-order valence-corrected chi connectivity index (χ0v) is 14.2. The molecule has 124 valence electrons. The van der Waals surface area contributed by atoms with Crippen molar-refractivity contribution in [3.8, 4) is 11.1 Å². The second kappa shape index (κ2) is 6.99. The number of hydrogen-bond acceptors (Lipinski definition) is 4. The van der Waals surface area contributed by atoms with Crippen LogP contribution in [0, 0.1) is 0 Å². The van der Waals surface area contributed by atoms with Gasteiger partial charge in [0.05, 0.1) is 23.5 Å². The first-order valence-electron chi connectivity index (χ1n) is 7.98. The second-order valence-corrected chi connectivity index (χ2v) is 6.77. The Hall–Kier alpha value is -2.79. The predicted octanol–water partition coefficient (Wildman–Crippen LogP) is 4.23. The van der Waals surface area contributed by atoms with Crippen molar-refractivity contribution in [2.24, 2.45) is 5.10 Å². The average molecular weight is 348 g/mol. The molecule has 4 nitrogen and oxygen atoms in total. The van der Waals surface area contributed by atoms with Gasteiger partial charge in [0, 0.05) is 0 Å². The minimum atomic E-state index is -0.130. The minimum absolute atomic E-state index is 0.130. The van der Waals surface area contributed by atoms with Gasteiger partial charge in [0.1, 0.15) is 5.76 Å². The van der Waals surface area contributed by atoms with E-state index in [1.807, 2.05) is 12.1 Å². The van der Waals surface area contributed by atoms with Crippen molar-refractivity contribution in [2.45, 2.75) is 5.25 Å². The molecule has 0 atom stereocenters. The molecule has 3 aromatic rings. The third kappa shape index (κ3) is 3.23. The van der Waals surface area contributed by atoms with Crippen LogP contribution in [0.25, 0.3) is 11.1 Å². The maximum absolute atomic E-state index is 12.1. The summed E-state index contributed by atoms with van der Waals surface area (Å²) in [5.74, 6) is 0.810. The second-order valence-electron chi connectivity index (χ2n) is 5.67. The number of amides is 1. The van der Waals surface area contributed by atoms with Gasteiger partial charge in [-0.1, -0.05) is 48.5 Å². The third-order valence-electron chi connectivity index (χ3n) is 4.08. The van der Waals surface area contributed by atoms with Crippen LogP contribution < -0.4 is 5.43 Å². The maximum atomic E-state index is 12.1. The lowest BCUT2D eigenvalue weighted by molar-refractivity contribution is -0.118. The Bertz CT molecular complexity index is 873. The minimum Gasteiger partial charge on any atom is -0.463 e. The van der Waals surface area contributed by atoms with Crippen molar-refractivity contribution in [1.29, 1.82) is 0 Å². The molecule has 0 saturated carbocycles. The number of carbonyl (C=O) groups excluding carboxylic acids is 1. The molecule has 0 unspecified atom stereocenters. The van der Waals surface area contributed by atoms with Crippen LogP contribution in [0.3, 0.4) is 0 Å². The van der Waals surface area contributed by atoms with Crippen molar-refractivity contribution in [3.05, 3.63) is 83.8 Å². The Balaban J connectivity index is 1.43. The summed E-state index contributed by atoms with van der Waals surface area (Å²) < 4.78 is 5.13. The first-order chi connectivity index (χ1) is 12.3. The van der Waals surface area contributed by atoms with Crippen LogP contribution in [0.4, 0.5) is 0 Å². The van der Waals surface area contributed by atoms with Gasteiger partial charge in [-0.25, -0.2) is 5.43 Å². The summed E-state index contributed by atoms with van der Waals surface area (Å²) in [5.41, 5.74) is 7.58. The lowest BCUT2D eigenvalue weighted by Crippen LogP contribution is -2.20. The smallest absolute Gasteiger partial charge is 0.250 e. The van der Waals surface area contributed by atoms with E-state index in [9.17, 15) is 4.79 Å². The molecule has 1 heterocycles. The van der Waals surface area contributed by atoms with Crippen LogP contribution in [0.1, 0.15) is 22.1 Å². The number of nitrogens with one attached hydrogen (secondary N) is 1. The SMILES string of the molecule is O=C(CSC1c2ccccc2-c2ccccc21)N/N=C\c1ccco1. The van der Waals surface area contributed by atoms with E-state index < -0.39 is 0 Å². The van der Waals surface area contributed by atoms with Crippen LogP contribution in [0.5, 0.6) is 0 Å². The van der Waals surface area contributed by atoms with Gasteiger partial charge in [0.2, 0.25) is 5.91 Å². The Kier molecular flexibility index (Phi) is 4.39. The highest BCUT2D eigenvalue weighted by molar-refractivity contribution is 8.00. The zero-order valence-electron chi connectivity index (χ0n) is 13.4. The lowest BCUT2D eigenvalue weighted by Gasteiger charge is -2.12. The van der Waals surface area contributed by atoms with E-state index in [0.29, 0.717) is 11.5 Å². The van der Waals surface area contributed by atoms with Gasteiger partial charge >= 0.3 is 0 Å². The molecule has 1 amide bonds. The first kappa shape index (κ1) is 15.7. The topological polar surface area (TPSA) is 54.6 Å². The quantitative estimate of drug-likeness (QED) is 0.554. The van der Waals surface area contributed by atoms with Gasteiger partial charge in [0.15, 0.2) is 0 Å². The molecule has 2 aromatic carbocycles. The maximum Gasteiger partial charge on any atom is 0.250 e. The highest BCUT2D eigenvalue weighted by atomic mass is 32.2. The van der Waals surface area contributed by atoms with Crippen LogP contribution in [0.15, 0.2) is 76.4 Å². The Morgan fingerprint density at radius 2 is 1.72 bits per heavy atom. The van der Waals surface area contributed by atoms with Crippen molar-refractivity contribution in [2.75, 3.05) is 5.75 Å². The highest BCUT2D eigenvalue weighted by Gasteiger charge is 2.28. The summed E-state index contributed by atoms with van der Waals surface area (Å²) in [7, 11) is 0. The fraction of sp³-hybridized carbons (Fsp3) is 0.100. The normalized spacial score (nSPS) is 13.0. The zero-order chi connectivity index (χ0) is 17.1. The molecule has 0 spiro atoms. The number of nitrogens with zero attached hydrogens (tertiary/aromatic N) is 1. The molecular weight excluding hydrogens is 332 g/mol. The summed E-state index contributed by atoms with van der Waals surface area (Å²) in [5, 5.41) is 4.09. The van der Waals surface area contributed by atoms with E-state index >= 15 is 0 Å². The van der Waals surface area contributed by atoms with E-state index in [1.54, 1.807) is 30.2 Å². The van der Waals surface area contributed by atoms with Gasteiger partial charge in [-0.05, 0) is 34.4 Å². The third-order valence-corrected chi connectivity index (χ3v) is 5.35. The summed E-state index contributed by atoms with van der Waals surface area (Å²) in [6, 6.07) is 20.3. The van der Waals surface area contributed by atoms with Gasteiger partial charge in [-0.2, -0.15) is 5.10 Å². The average Bonchev–Trinajstić information content (AvgIpc) is 3.26. The van der Waals surface area contributed by atoms with E-state index in [0.717, 1.165) is 0 Å². The standard InChI is InChI=1S/C20H16N2O2S/c23-19(22-21-12-14-6-5-11-24-14)13-25-20-17-9-3-1-7-15(17)16-8-2-4-10-18(16)20/h1-12,20H,13H2,(H,22,23)/b21-12-. The monoisotopic (exact) mass is 348 g/mol. The molecule has 1 aliphatic carbocycles. The molecule has 0 saturated heterocycles. The number of rotatable bonds is 5. The Morgan fingerprint density at radius 1 is 1.04 bits per heavy atom. The first-order valence-corrected chi connectivity index (χ1v) is 9.03. The molecule has 1 aromatic heterocycles. The number of thioether (sulfide) groups is 1.